The fourth-order valence-electron chi connectivity index (χ4n) is 2.91. The number of carbonyl (C=O) groups is 1. The molecule has 1 amide bonds. The van der Waals surface area contributed by atoms with Crippen molar-refractivity contribution in [3.8, 4) is 0 Å². The predicted molar refractivity (Wildman–Crippen MR) is 104 cm³/mol. The van der Waals surface area contributed by atoms with E-state index < -0.39 is 21.6 Å². The van der Waals surface area contributed by atoms with Crippen LogP contribution in [0.25, 0.3) is 0 Å². The number of hydrogen-bond donors (Lipinski definition) is 1. The highest BCUT2D eigenvalue weighted by Gasteiger charge is 2.33. The Balaban J connectivity index is 2.26. The summed E-state index contributed by atoms with van der Waals surface area (Å²) in [6, 6.07) is 17.9. The van der Waals surface area contributed by atoms with Crippen molar-refractivity contribution in [2.75, 3.05) is 13.3 Å². The lowest BCUT2D eigenvalue weighted by molar-refractivity contribution is -0.126. The lowest BCUT2D eigenvalue weighted by Crippen LogP contribution is -2.50. The second kappa shape index (κ2) is 8.01. The Morgan fingerprint density at radius 3 is 2.04 bits per heavy atom. The van der Waals surface area contributed by atoms with Gasteiger partial charge in [0.25, 0.3) is 0 Å². The molecule has 2 aromatic rings. The largest absolute Gasteiger partial charge is 0.349 e. The van der Waals surface area contributed by atoms with E-state index in [1.54, 1.807) is 24.3 Å². The van der Waals surface area contributed by atoms with Gasteiger partial charge in [0.15, 0.2) is 0 Å². The van der Waals surface area contributed by atoms with Gasteiger partial charge < -0.3 is 5.32 Å². The number of carbonyl (C=O) groups excluding carboxylic acids is 1. The Morgan fingerprint density at radius 2 is 1.54 bits per heavy atom. The quantitative estimate of drug-likeness (QED) is 0.810. The summed E-state index contributed by atoms with van der Waals surface area (Å²) in [6.45, 7) is 3.86. The predicted octanol–water partition coefficient (Wildman–Crippen LogP) is 2.76. The first kappa shape index (κ1) is 20.1. The molecule has 0 fully saturated rings. The number of amides is 1. The number of likely N-dealkylation sites (N-methyl/N-ethyl adjacent to an activating group) is 1. The van der Waals surface area contributed by atoms with Gasteiger partial charge in [-0.25, -0.2) is 8.42 Å². The fourth-order valence-corrected chi connectivity index (χ4v) is 3.51. The first-order valence-corrected chi connectivity index (χ1v) is 10.3. The summed E-state index contributed by atoms with van der Waals surface area (Å²) >= 11 is 0. The van der Waals surface area contributed by atoms with Crippen LogP contribution in [0, 0.1) is 0 Å². The first-order chi connectivity index (χ1) is 12.1. The summed E-state index contributed by atoms with van der Waals surface area (Å²) in [5.41, 5.74) is 1.21. The lowest BCUT2D eigenvalue weighted by Gasteiger charge is -2.32. The zero-order chi connectivity index (χ0) is 19.4. The monoisotopic (exact) mass is 374 g/mol. The van der Waals surface area contributed by atoms with E-state index in [9.17, 15) is 13.2 Å². The van der Waals surface area contributed by atoms with Gasteiger partial charge in [-0.05, 0) is 31.4 Å². The maximum atomic E-state index is 13.0. The van der Waals surface area contributed by atoms with Gasteiger partial charge in [-0.1, -0.05) is 60.7 Å². The van der Waals surface area contributed by atoms with Gasteiger partial charge in [0, 0.05) is 12.6 Å². The summed E-state index contributed by atoms with van der Waals surface area (Å²) in [7, 11) is -2.11. The zero-order valence-corrected chi connectivity index (χ0v) is 16.5. The van der Waals surface area contributed by atoms with Crippen molar-refractivity contribution < 1.29 is 13.2 Å². The number of nitrogens with zero attached hydrogens (tertiary/aromatic N) is 1. The van der Waals surface area contributed by atoms with Crippen molar-refractivity contribution in [3.63, 3.8) is 0 Å². The van der Waals surface area contributed by atoms with E-state index in [1.807, 2.05) is 50.2 Å². The van der Waals surface area contributed by atoms with Crippen LogP contribution in [0.1, 0.15) is 31.0 Å². The number of sulfonamides is 1. The van der Waals surface area contributed by atoms with Crippen LogP contribution in [0.5, 0.6) is 0 Å². The van der Waals surface area contributed by atoms with Gasteiger partial charge in [0.05, 0.1) is 6.26 Å². The van der Waals surface area contributed by atoms with E-state index in [0.717, 1.165) is 16.1 Å². The molecule has 2 aromatic carbocycles. The highest BCUT2D eigenvalue weighted by Crippen LogP contribution is 2.23. The Kier molecular flexibility index (Phi) is 6.21. The third-order valence-electron chi connectivity index (χ3n) is 4.20. The van der Waals surface area contributed by atoms with Crippen LogP contribution >= 0.6 is 0 Å². The Bertz CT molecular complexity index is 834. The molecular weight excluding hydrogens is 348 g/mol. The zero-order valence-electron chi connectivity index (χ0n) is 15.6. The minimum atomic E-state index is -3.54. The minimum absolute atomic E-state index is 0.343. The van der Waals surface area contributed by atoms with E-state index in [-0.39, 0.29) is 5.91 Å². The van der Waals surface area contributed by atoms with Crippen molar-refractivity contribution in [1.82, 2.24) is 9.62 Å². The van der Waals surface area contributed by atoms with Crippen molar-refractivity contribution >= 4 is 15.9 Å². The molecule has 5 nitrogen and oxygen atoms in total. The van der Waals surface area contributed by atoms with E-state index in [2.05, 4.69) is 5.32 Å². The average molecular weight is 375 g/mol. The molecule has 6 heteroatoms. The Morgan fingerprint density at radius 1 is 1.04 bits per heavy atom. The number of benzene rings is 2. The van der Waals surface area contributed by atoms with Crippen LogP contribution < -0.4 is 5.32 Å². The normalized spacial score (nSPS) is 13.4. The van der Waals surface area contributed by atoms with E-state index >= 15 is 0 Å². The van der Waals surface area contributed by atoms with Crippen LogP contribution in [0.3, 0.4) is 0 Å². The molecule has 1 atom stereocenters. The van der Waals surface area contributed by atoms with Gasteiger partial charge in [0.1, 0.15) is 6.04 Å². The maximum absolute atomic E-state index is 13.0. The molecule has 0 aliphatic heterocycles. The molecule has 1 N–H and O–H groups in total. The smallest absolute Gasteiger partial charge is 0.243 e. The molecule has 0 saturated heterocycles. The molecule has 0 aromatic heterocycles. The van der Waals surface area contributed by atoms with Gasteiger partial charge in [-0.15, -0.1) is 0 Å². The van der Waals surface area contributed by atoms with E-state index in [0.29, 0.717) is 12.0 Å². The highest BCUT2D eigenvalue weighted by molar-refractivity contribution is 7.88. The summed E-state index contributed by atoms with van der Waals surface area (Å²) in [6.07, 6.45) is 1.75. The third-order valence-corrected chi connectivity index (χ3v) is 5.46. The summed E-state index contributed by atoms with van der Waals surface area (Å²) < 4.78 is 25.2. The number of hydrogen-bond acceptors (Lipinski definition) is 3. The SMILES string of the molecule is CN(C(C(=O)NC(C)(C)Cc1ccccc1)c1ccccc1)S(C)(=O)=O. The first-order valence-electron chi connectivity index (χ1n) is 8.44. The molecule has 2 rings (SSSR count). The summed E-state index contributed by atoms with van der Waals surface area (Å²) in [5.74, 6) is -0.343. The van der Waals surface area contributed by atoms with Crippen LogP contribution in [0.2, 0.25) is 0 Å². The topological polar surface area (TPSA) is 66.5 Å². The molecule has 0 aliphatic carbocycles. The molecule has 0 bridgehead atoms. The highest BCUT2D eigenvalue weighted by atomic mass is 32.2. The fraction of sp³-hybridized carbons (Fsp3) is 0.350. The summed E-state index contributed by atoms with van der Waals surface area (Å²) in [5, 5.41) is 3.01. The Hall–Kier alpha value is -2.18. The van der Waals surface area contributed by atoms with Crippen LogP contribution in [0.4, 0.5) is 0 Å². The molecule has 0 heterocycles. The lowest BCUT2D eigenvalue weighted by atomic mass is 9.94. The van der Waals surface area contributed by atoms with Gasteiger partial charge in [0.2, 0.25) is 15.9 Å². The molecule has 0 spiro atoms. The van der Waals surface area contributed by atoms with E-state index in [4.69, 9.17) is 0 Å². The van der Waals surface area contributed by atoms with Crippen LogP contribution in [0.15, 0.2) is 60.7 Å². The van der Waals surface area contributed by atoms with Crippen molar-refractivity contribution in [3.05, 3.63) is 71.8 Å². The molecule has 26 heavy (non-hydrogen) atoms. The second-order valence-electron chi connectivity index (χ2n) is 7.13. The van der Waals surface area contributed by atoms with E-state index in [1.165, 1.54) is 7.05 Å². The number of rotatable bonds is 7. The maximum Gasteiger partial charge on any atom is 0.243 e. The van der Waals surface area contributed by atoms with Crippen molar-refractivity contribution in [1.29, 1.82) is 0 Å². The van der Waals surface area contributed by atoms with Crippen LogP contribution in [-0.2, 0) is 21.2 Å². The molecule has 1 unspecified atom stereocenters. The van der Waals surface area contributed by atoms with Gasteiger partial charge in [-0.3, -0.25) is 4.79 Å². The Labute approximate surface area is 156 Å². The molecule has 0 radical (unpaired) electrons. The molecule has 0 aliphatic rings. The van der Waals surface area contributed by atoms with Crippen LogP contribution in [-0.4, -0.2) is 37.5 Å². The van der Waals surface area contributed by atoms with Gasteiger partial charge >= 0.3 is 0 Å². The third kappa shape index (κ3) is 5.41. The van der Waals surface area contributed by atoms with Crippen molar-refractivity contribution in [2.24, 2.45) is 0 Å². The molecule has 0 saturated carbocycles. The standard InChI is InChI=1S/C20H26N2O3S/c1-20(2,15-16-11-7-5-8-12-16)21-19(23)18(22(3)26(4,24)25)17-13-9-6-10-14-17/h5-14,18H,15H2,1-4H3,(H,21,23). The minimum Gasteiger partial charge on any atom is -0.349 e. The molecular formula is C20H26N2O3S. The van der Waals surface area contributed by atoms with Crippen molar-refractivity contribution in [2.45, 2.75) is 31.8 Å². The summed E-state index contributed by atoms with van der Waals surface area (Å²) in [4.78, 5) is 13.0. The second-order valence-corrected chi connectivity index (χ2v) is 9.17. The average Bonchev–Trinajstić information content (AvgIpc) is 2.55. The number of nitrogens with one attached hydrogen (secondary N) is 1. The van der Waals surface area contributed by atoms with Gasteiger partial charge in [-0.2, -0.15) is 4.31 Å². The molecule has 140 valence electrons.